The molecule has 0 heterocycles. The van der Waals surface area contributed by atoms with Gasteiger partial charge < -0.3 is 19.5 Å². The predicted octanol–water partition coefficient (Wildman–Crippen LogP) is 3.48. The molecule has 140 valence electrons. The Labute approximate surface area is 159 Å². The summed E-state index contributed by atoms with van der Waals surface area (Å²) in [5.41, 5.74) is 1.68. The molecule has 1 N–H and O–H groups in total. The molecule has 1 unspecified atom stereocenters. The van der Waals surface area contributed by atoms with Crippen LogP contribution in [0.3, 0.4) is 0 Å². The van der Waals surface area contributed by atoms with Gasteiger partial charge in [0.15, 0.2) is 11.5 Å². The summed E-state index contributed by atoms with van der Waals surface area (Å²) in [6, 6.07) is 12.7. The van der Waals surface area contributed by atoms with Crippen LogP contribution in [0.15, 0.2) is 42.5 Å². The van der Waals surface area contributed by atoms with Crippen molar-refractivity contribution in [2.45, 2.75) is 18.9 Å². The Kier molecular flexibility index (Phi) is 7.30. The first kappa shape index (κ1) is 20.1. The highest BCUT2D eigenvalue weighted by Crippen LogP contribution is 2.30. The zero-order valence-corrected chi connectivity index (χ0v) is 16.0. The highest BCUT2D eigenvalue weighted by atomic mass is 35.5. The number of aliphatic hydroxyl groups excluding tert-OH is 1. The summed E-state index contributed by atoms with van der Waals surface area (Å²) in [4.78, 5) is 13.9. The van der Waals surface area contributed by atoms with Crippen LogP contribution in [-0.2, 0) is 11.2 Å². The van der Waals surface area contributed by atoms with E-state index >= 15 is 0 Å². The maximum absolute atomic E-state index is 12.3. The third kappa shape index (κ3) is 5.38. The molecule has 0 spiro atoms. The molecule has 6 heteroatoms. The standard InChI is InChI=1S/C20H24ClNO4/c1-22(20(24)10-7-14-5-4-6-16(21)11-14)13-17(23)15-8-9-18(25-2)19(12-15)26-3/h4-6,8-9,11-12,17,23H,7,10,13H2,1-3H3. The highest BCUT2D eigenvalue weighted by Gasteiger charge is 2.17. The minimum atomic E-state index is -0.810. The number of aliphatic hydroxyl groups is 1. The van der Waals surface area contributed by atoms with Crippen LogP contribution in [0.5, 0.6) is 11.5 Å². The molecule has 1 amide bonds. The number of ether oxygens (including phenoxy) is 2. The Balaban J connectivity index is 1.93. The van der Waals surface area contributed by atoms with E-state index in [9.17, 15) is 9.90 Å². The van der Waals surface area contributed by atoms with E-state index in [0.717, 1.165) is 5.56 Å². The van der Waals surface area contributed by atoms with E-state index in [1.807, 2.05) is 18.2 Å². The number of halogens is 1. The van der Waals surface area contributed by atoms with Gasteiger partial charge in [-0.25, -0.2) is 0 Å². The van der Waals surface area contributed by atoms with Gasteiger partial charge in [0.25, 0.3) is 0 Å². The smallest absolute Gasteiger partial charge is 0.222 e. The minimum absolute atomic E-state index is 0.0375. The highest BCUT2D eigenvalue weighted by molar-refractivity contribution is 6.30. The van der Waals surface area contributed by atoms with Gasteiger partial charge in [0.05, 0.1) is 26.9 Å². The van der Waals surface area contributed by atoms with Crippen LogP contribution < -0.4 is 9.47 Å². The van der Waals surface area contributed by atoms with Crippen molar-refractivity contribution < 1.29 is 19.4 Å². The Morgan fingerprint density at radius 2 is 1.88 bits per heavy atom. The molecule has 5 nitrogen and oxygen atoms in total. The summed E-state index contributed by atoms with van der Waals surface area (Å²) >= 11 is 5.96. The van der Waals surface area contributed by atoms with Gasteiger partial charge in [0.2, 0.25) is 5.91 Å². The molecule has 0 aliphatic heterocycles. The van der Waals surface area contributed by atoms with Gasteiger partial charge in [-0.15, -0.1) is 0 Å². The van der Waals surface area contributed by atoms with Crippen molar-refractivity contribution in [3.8, 4) is 11.5 Å². The average Bonchev–Trinajstić information content (AvgIpc) is 2.65. The monoisotopic (exact) mass is 377 g/mol. The molecule has 0 aliphatic rings. The number of nitrogens with zero attached hydrogens (tertiary/aromatic N) is 1. The number of rotatable bonds is 8. The number of likely N-dealkylation sites (N-methyl/N-ethyl adjacent to an activating group) is 1. The lowest BCUT2D eigenvalue weighted by molar-refractivity contribution is -0.131. The number of amides is 1. The SMILES string of the molecule is COc1ccc(C(O)CN(C)C(=O)CCc2cccc(Cl)c2)cc1OC. The van der Waals surface area contributed by atoms with Crippen molar-refractivity contribution in [1.29, 1.82) is 0 Å². The van der Waals surface area contributed by atoms with E-state index in [0.29, 0.717) is 34.9 Å². The van der Waals surface area contributed by atoms with Crippen molar-refractivity contribution in [1.82, 2.24) is 4.90 Å². The maximum atomic E-state index is 12.3. The average molecular weight is 378 g/mol. The summed E-state index contributed by atoms with van der Waals surface area (Å²) in [6.07, 6.45) is 0.154. The first-order chi connectivity index (χ1) is 12.4. The Morgan fingerprint density at radius 3 is 2.54 bits per heavy atom. The molecule has 2 rings (SSSR count). The lowest BCUT2D eigenvalue weighted by Crippen LogP contribution is -2.31. The zero-order chi connectivity index (χ0) is 19.1. The molecule has 0 bridgehead atoms. The van der Waals surface area contributed by atoms with Crippen LogP contribution >= 0.6 is 11.6 Å². The van der Waals surface area contributed by atoms with Crippen LogP contribution in [0.25, 0.3) is 0 Å². The van der Waals surface area contributed by atoms with E-state index in [1.54, 1.807) is 45.5 Å². The number of benzene rings is 2. The second-order valence-electron chi connectivity index (χ2n) is 6.03. The Morgan fingerprint density at radius 1 is 1.15 bits per heavy atom. The van der Waals surface area contributed by atoms with Gasteiger partial charge in [-0.1, -0.05) is 29.8 Å². The lowest BCUT2D eigenvalue weighted by atomic mass is 10.1. The molecule has 2 aromatic rings. The van der Waals surface area contributed by atoms with Gasteiger partial charge in [0.1, 0.15) is 0 Å². The minimum Gasteiger partial charge on any atom is -0.493 e. The summed E-state index contributed by atoms with van der Waals surface area (Å²) in [5, 5.41) is 11.1. The van der Waals surface area contributed by atoms with E-state index in [-0.39, 0.29) is 12.5 Å². The molecule has 0 saturated heterocycles. The van der Waals surface area contributed by atoms with Gasteiger partial charge in [0, 0.05) is 18.5 Å². The molecular formula is C20H24ClNO4. The van der Waals surface area contributed by atoms with Crippen molar-refractivity contribution in [2.75, 3.05) is 27.8 Å². The Bertz CT molecular complexity index is 750. The summed E-state index contributed by atoms with van der Waals surface area (Å²) in [6.45, 7) is 0.198. The predicted molar refractivity (Wildman–Crippen MR) is 102 cm³/mol. The van der Waals surface area contributed by atoms with Crippen molar-refractivity contribution >= 4 is 17.5 Å². The second kappa shape index (κ2) is 9.46. The summed E-state index contributed by atoms with van der Waals surface area (Å²) in [7, 11) is 4.78. The molecule has 0 saturated carbocycles. The normalized spacial score (nSPS) is 11.7. The van der Waals surface area contributed by atoms with Crippen molar-refractivity contribution in [3.05, 3.63) is 58.6 Å². The summed E-state index contributed by atoms with van der Waals surface area (Å²) < 4.78 is 10.4. The maximum Gasteiger partial charge on any atom is 0.222 e. The molecule has 0 aliphatic carbocycles. The van der Waals surface area contributed by atoms with Crippen LogP contribution in [0.2, 0.25) is 5.02 Å². The fourth-order valence-electron chi connectivity index (χ4n) is 2.66. The topological polar surface area (TPSA) is 59.0 Å². The van der Waals surface area contributed by atoms with Gasteiger partial charge in [-0.3, -0.25) is 4.79 Å². The zero-order valence-electron chi connectivity index (χ0n) is 15.2. The van der Waals surface area contributed by atoms with E-state index in [2.05, 4.69) is 0 Å². The lowest BCUT2D eigenvalue weighted by Gasteiger charge is -2.22. The number of aryl methyl sites for hydroxylation is 1. The largest absolute Gasteiger partial charge is 0.493 e. The second-order valence-corrected chi connectivity index (χ2v) is 6.47. The fraction of sp³-hybridized carbons (Fsp3) is 0.350. The van der Waals surface area contributed by atoms with Crippen LogP contribution in [0, 0.1) is 0 Å². The van der Waals surface area contributed by atoms with Gasteiger partial charge in [-0.05, 0) is 41.8 Å². The number of hydrogen-bond donors (Lipinski definition) is 1. The fourth-order valence-corrected chi connectivity index (χ4v) is 2.87. The van der Waals surface area contributed by atoms with Crippen LogP contribution in [0.1, 0.15) is 23.7 Å². The van der Waals surface area contributed by atoms with Gasteiger partial charge in [-0.2, -0.15) is 0 Å². The summed E-state index contributed by atoms with van der Waals surface area (Å²) in [5.74, 6) is 1.10. The number of methoxy groups -OCH3 is 2. The molecule has 1 atom stereocenters. The van der Waals surface area contributed by atoms with Crippen LogP contribution in [-0.4, -0.2) is 43.7 Å². The molecular weight excluding hydrogens is 354 g/mol. The number of carbonyl (C=O) groups excluding carboxylic acids is 1. The van der Waals surface area contributed by atoms with Crippen molar-refractivity contribution in [2.24, 2.45) is 0 Å². The molecule has 0 aromatic heterocycles. The third-order valence-electron chi connectivity index (χ3n) is 4.18. The number of hydrogen-bond acceptors (Lipinski definition) is 4. The van der Waals surface area contributed by atoms with E-state index < -0.39 is 6.10 Å². The van der Waals surface area contributed by atoms with Crippen LogP contribution in [0.4, 0.5) is 0 Å². The molecule has 0 radical (unpaired) electrons. The van der Waals surface area contributed by atoms with Gasteiger partial charge >= 0.3 is 0 Å². The first-order valence-electron chi connectivity index (χ1n) is 8.33. The molecule has 2 aromatic carbocycles. The quantitative estimate of drug-likeness (QED) is 0.765. The van der Waals surface area contributed by atoms with E-state index in [4.69, 9.17) is 21.1 Å². The third-order valence-corrected chi connectivity index (χ3v) is 4.42. The first-order valence-corrected chi connectivity index (χ1v) is 8.70. The molecule has 0 fully saturated rings. The number of carbonyl (C=O) groups is 1. The molecule has 26 heavy (non-hydrogen) atoms. The van der Waals surface area contributed by atoms with E-state index in [1.165, 1.54) is 4.90 Å². The van der Waals surface area contributed by atoms with Crippen molar-refractivity contribution in [3.63, 3.8) is 0 Å². The Hall–Kier alpha value is -2.24.